The molecule has 0 aromatic heterocycles. The van der Waals surface area contributed by atoms with Crippen LogP contribution in [-0.2, 0) is 0 Å². The molecule has 84 valence electrons. The van der Waals surface area contributed by atoms with E-state index < -0.39 is 0 Å². The second-order valence-electron chi connectivity index (χ2n) is 6.37. The molecular formula is C13H27N. The summed E-state index contributed by atoms with van der Waals surface area (Å²) >= 11 is 0. The Hall–Kier alpha value is -0.0400. The predicted molar refractivity (Wildman–Crippen MR) is 63.5 cm³/mol. The molecule has 2 unspecified atom stereocenters. The molecular weight excluding hydrogens is 170 g/mol. The number of nitrogens with one attached hydrogen (secondary N) is 1. The number of rotatable bonds is 1. The minimum Gasteiger partial charge on any atom is -0.314 e. The molecule has 0 aromatic rings. The van der Waals surface area contributed by atoms with Gasteiger partial charge in [0, 0.05) is 5.54 Å². The largest absolute Gasteiger partial charge is 0.314 e. The molecule has 1 saturated carbocycles. The average Bonchev–Trinajstić information content (AvgIpc) is 2.08. The SMILES string of the molecule is CNC1(C)CCCCC1(C)C(C)(C)C. The van der Waals surface area contributed by atoms with Crippen molar-refractivity contribution in [2.24, 2.45) is 10.8 Å². The van der Waals surface area contributed by atoms with Gasteiger partial charge in [-0.25, -0.2) is 0 Å². The zero-order valence-electron chi connectivity index (χ0n) is 10.8. The summed E-state index contributed by atoms with van der Waals surface area (Å²) in [6.45, 7) is 12.0. The maximum Gasteiger partial charge on any atom is 0.0208 e. The predicted octanol–water partition coefficient (Wildman–Crippen LogP) is 3.59. The first kappa shape index (κ1) is 12.0. The first-order chi connectivity index (χ1) is 6.27. The molecule has 0 aliphatic heterocycles. The van der Waals surface area contributed by atoms with Crippen molar-refractivity contribution in [1.82, 2.24) is 5.32 Å². The highest BCUT2D eigenvalue weighted by Crippen LogP contribution is 2.54. The minimum atomic E-state index is 0.309. The Kier molecular flexibility index (Phi) is 3.02. The van der Waals surface area contributed by atoms with E-state index in [0.29, 0.717) is 16.4 Å². The standard InChI is InChI=1S/C13H27N/c1-11(2,3)12(4)9-7-8-10-13(12,5)14-6/h14H,7-10H2,1-6H3. The van der Waals surface area contributed by atoms with E-state index in [9.17, 15) is 0 Å². The lowest BCUT2D eigenvalue weighted by molar-refractivity contribution is -0.0332. The van der Waals surface area contributed by atoms with E-state index in [0.717, 1.165) is 0 Å². The zero-order chi connectivity index (χ0) is 11.0. The quantitative estimate of drug-likeness (QED) is 0.677. The van der Waals surface area contributed by atoms with Crippen LogP contribution < -0.4 is 5.32 Å². The first-order valence-corrected chi connectivity index (χ1v) is 5.96. The molecule has 0 heterocycles. The summed E-state index contributed by atoms with van der Waals surface area (Å²) in [5.41, 5.74) is 1.10. The molecule has 1 nitrogen and oxygen atoms in total. The highest BCUT2D eigenvalue weighted by Gasteiger charge is 2.51. The molecule has 0 bridgehead atoms. The fraction of sp³-hybridized carbons (Fsp3) is 1.00. The average molecular weight is 197 g/mol. The molecule has 0 radical (unpaired) electrons. The lowest BCUT2D eigenvalue weighted by atomic mass is 9.52. The van der Waals surface area contributed by atoms with E-state index in [-0.39, 0.29) is 0 Å². The maximum absolute atomic E-state index is 3.58. The smallest absolute Gasteiger partial charge is 0.0208 e. The topological polar surface area (TPSA) is 12.0 Å². The van der Waals surface area contributed by atoms with Crippen LogP contribution in [0.5, 0.6) is 0 Å². The highest BCUT2D eigenvalue weighted by atomic mass is 15.0. The van der Waals surface area contributed by atoms with Crippen LogP contribution in [0, 0.1) is 10.8 Å². The second kappa shape index (κ2) is 3.52. The van der Waals surface area contributed by atoms with Crippen molar-refractivity contribution in [3.63, 3.8) is 0 Å². The second-order valence-corrected chi connectivity index (χ2v) is 6.37. The molecule has 1 heteroatoms. The first-order valence-electron chi connectivity index (χ1n) is 5.96. The molecule has 14 heavy (non-hydrogen) atoms. The van der Waals surface area contributed by atoms with Crippen LogP contribution >= 0.6 is 0 Å². The normalized spacial score (nSPS) is 39.9. The van der Waals surface area contributed by atoms with Crippen LogP contribution in [0.15, 0.2) is 0 Å². The van der Waals surface area contributed by atoms with Gasteiger partial charge in [-0.3, -0.25) is 0 Å². The molecule has 0 aromatic carbocycles. The van der Waals surface area contributed by atoms with Crippen LogP contribution in [0.3, 0.4) is 0 Å². The summed E-state index contributed by atoms with van der Waals surface area (Å²) in [6, 6.07) is 0. The van der Waals surface area contributed by atoms with Crippen molar-refractivity contribution < 1.29 is 0 Å². The summed E-state index contributed by atoms with van der Waals surface area (Å²) in [6.07, 6.45) is 5.44. The molecule has 2 atom stereocenters. The van der Waals surface area contributed by atoms with Crippen LogP contribution in [-0.4, -0.2) is 12.6 Å². The molecule has 0 amide bonds. The van der Waals surface area contributed by atoms with Gasteiger partial charge < -0.3 is 5.32 Å². The van der Waals surface area contributed by atoms with Gasteiger partial charge in [-0.2, -0.15) is 0 Å². The fourth-order valence-electron chi connectivity index (χ4n) is 3.11. The Balaban J connectivity index is 3.03. The summed E-state index contributed by atoms with van der Waals surface area (Å²) in [7, 11) is 2.12. The van der Waals surface area contributed by atoms with Gasteiger partial charge in [0.1, 0.15) is 0 Å². The highest BCUT2D eigenvalue weighted by molar-refractivity contribution is 5.06. The summed E-state index contributed by atoms with van der Waals surface area (Å²) in [4.78, 5) is 0. The minimum absolute atomic E-state index is 0.309. The van der Waals surface area contributed by atoms with Gasteiger partial charge >= 0.3 is 0 Å². The Morgan fingerprint density at radius 1 is 1.00 bits per heavy atom. The van der Waals surface area contributed by atoms with E-state index in [2.05, 4.69) is 47.0 Å². The monoisotopic (exact) mass is 197 g/mol. The molecule has 1 fully saturated rings. The Bertz CT molecular complexity index is 204. The molecule has 1 aliphatic carbocycles. The number of hydrogen-bond acceptors (Lipinski definition) is 1. The van der Waals surface area contributed by atoms with Crippen molar-refractivity contribution in [3.05, 3.63) is 0 Å². The third kappa shape index (κ3) is 1.60. The van der Waals surface area contributed by atoms with Crippen LogP contribution in [0.4, 0.5) is 0 Å². The number of hydrogen-bond donors (Lipinski definition) is 1. The van der Waals surface area contributed by atoms with E-state index >= 15 is 0 Å². The summed E-state index contributed by atoms with van der Waals surface area (Å²) in [5.74, 6) is 0. The Labute approximate surface area is 89.7 Å². The van der Waals surface area contributed by atoms with E-state index in [4.69, 9.17) is 0 Å². The van der Waals surface area contributed by atoms with Gasteiger partial charge in [0.25, 0.3) is 0 Å². The van der Waals surface area contributed by atoms with Gasteiger partial charge in [0.2, 0.25) is 0 Å². The van der Waals surface area contributed by atoms with Crippen molar-refractivity contribution >= 4 is 0 Å². The maximum atomic E-state index is 3.58. The third-order valence-electron chi connectivity index (χ3n) is 5.03. The van der Waals surface area contributed by atoms with Crippen LogP contribution in [0.1, 0.15) is 60.3 Å². The van der Waals surface area contributed by atoms with Crippen LogP contribution in [0.2, 0.25) is 0 Å². The lowest BCUT2D eigenvalue weighted by Gasteiger charge is -2.57. The van der Waals surface area contributed by atoms with Crippen LogP contribution in [0.25, 0.3) is 0 Å². The van der Waals surface area contributed by atoms with Gasteiger partial charge in [-0.05, 0) is 37.6 Å². The lowest BCUT2D eigenvalue weighted by Crippen LogP contribution is -2.60. The van der Waals surface area contributed by atoms with E-state index in [1.54, 1.807) is 0 Å². The van der Waals surface area contributed by atoms with Crippen molar-refractivity contribution in [1.29, 1.82) is 0 Å². The van der Waals surface area contributed by atoms with Gasteiger partial charge in [-0.15, -0.1) is 0 Å². The fourth-order valence-corrected chi connectivity index (χ4v) is 3.11. The molecule has 0 spiro atoms. The Morgan fingerprint density at radius 3 is 1.86 bits per heavy atom. The van der Waals surface area contributed by atoms with Gasteiger partial charge in [-0.1, -0.05) is 40.5 Å². The Morgan fingerprint density at radius 2 is 1.50 bits per heavy atom. The summed E-state index contributed by atoms with van der Waals surface area (Å²) < 4.78 is 0. The van der Waals surface area contributed by atoms with Crippen molar-refractivity contribution in [2.75, 3.05) is 7.05 Å². The van der Waals surface area contributed by atoms with Gasteiger partial charge in [0.15, 0.2) is 0 Å². The molecule has 1 N–H and O–H groups in total. The molecule has 0 saturated heterocycles. The molecule has 1 rings (SSSR count). The summed E-state index contributed by atoms with van der Waals surface area (Å²) in [5, 5.41) is 3.58. The van der Waals surface area contributed by atoms with Gasteiger partial charge in [0.05, 0.1) is 0 Å². The molecule has 1 aliphatic rings. The van der Waals surface area contributed by atoms with E-state index in [1.807, 2.05) is 0 Å². The van der Waals surface area contributed by atoms with Crippen molar-refractivity contribution in [2.45, 2.75) is 65.8 Å². The zero-order valence-corrected chi connectivity index (χ0v) is 10.8. The third-order valence-corrected chi connectivity index (χ3v) is 5.03. The van der Waals surface area contributed by atoms with E-state index in [1.165, 1.54) is 25.7 Å². The van der Waals surface area contributed by atoms with Crippen molar-refractivity contribution in [3.8, 4) is 0 Å².